The third kappa shape index (κ3) is 2.96. The van der Waals surface area contributed by atoms with Crippen LogP contribution < -0.4 is 5.73 Å². The molecular formula is C13H28N2O. The summed E-state index contributed by atoms with van der Waals surface area (Å²) in [5.41, 5.74) is 5.86. The third-order valence-electron chi connectivity index (χ3n) is 3.66. The standard InChI is InChI=1S/C13H28N2O/c1-7-13(6,8-14)15-9-11(2,3)16-12(4,5)10-15/h7-10,14H2,1-6H3. The van der Waals surface area contributed by atoms with E-state index in [1.54, 1.807) is 0 Å². The molecule has 0 saturated carbocycles. The lowest BCUT2D eigenvalue weighted by atomic mass is 9.89. The van der Waals surface area contributed by atoms with Crippen LogP contribution in [0.1, 0.15) is 48.0 Å². The van der Waals surface area contributed by atoms with E-state index in [-0.39, 0.29) is 16.7 Å². The van der Waals surface area contributed by atoms with E-state index < -0.39 is 0 Å². The summed E-state index contributed by atoms with van der Waals surface area (Å²) in [7, 11) is 0. The van der Waals surface area contributed by atoms with Gasteiger partial charge in [0, 0.05) is 25.2 Å². The van der Waals surface area contributed by atoms with Gasteiger partial charge in [-0.15, -0.1) is 0 Å². The second-order valence-corrected chi connectivity index (χ2v) is 6.53. The molecule has 3 nitrogen and oxygen atoms in total. The van der Waals surface area contributed by atoms with Gasteiger partial charge >= 0.3 is 0 Å². The van der Waals surface area contributed by atoms with Crippen molar-refractivity contribution in [2.45, 2.75) is 64.7 Å². The van der Waals surface area contributed by atoms with Crippen LogP contribution in [0.25, 0.3) is 0 Å². The summed E-state index contributed by atoms with van der Waals surface area (Å²) in [6.45, 7) is 15.7. The minimum atomic E-state index is -0.0899. The number of hydrogen-bond acceptors (Lipinski definition) is 3. The summed E-state index contributed by atoms with van der Waals surface area (Å²) in [6, 6.07) is 0. The maximum Gasteiger partial charge on any atom is 0.0761 e. The fraction of sp³-hybridized carbons (Fsp3) is 1.00. The summed E-state index contributed by atoms with van der Waals surface area (Å²) >= 11 is 0. The lowest BCUT2D eigenvalue weighted by molar-refractivity contribution is -0.197. The highest BCUT2D eigenvalue weighted by molar-refractivity contribution is 4.97. The molecule has 0 aromatic heterocycles. The Hall–Kier alpha value is -0.120. The van der Waals surface area contributed by atoms with E-state index in [4.69, 9.17) is 10.5 Å². The highest BCUT2D eigenvalue weighted by atomic mass is 16.5. The monoisotopic (exact) mass is 228 g/mol. The van der Waals surface area contributed by atoms with E-state index in [0.717, 1.165) is 19.5 Å². The Morgan fingerprint density at radius 2 is 1.62 bits per heavy atom. The average molecular weight is 228 g/mol. The summed E-state index contributed by atoms with van der Waals surface area (Å²) in [6.07, 6.45) is 1.08. The van der Waals surface area contributed by atoms with Crippen LogP contribution in [0.2, 0.25) is 0 Å². The van der Waals surface area contributed by atoms with E-state index in [9.17, 15) is 0 Å². The van der Waals surface area contributed by atoms with Crippen molar-refractivity contribution in [2.75, 3.05) is 19.6 Å². The van der Waals surface area contributed by atoms with Gasteiger partial charge in [0.15, 0.2) is 0 Å². The van der Waals surface area contributed by atoms with Crippen molar-refractivity contribution in [3.8, 4) is 0 Å². The van der Waals surface area contributed by atoms with Crippen LogP contribution in [0.15, 0.2) is 0 Å². The largest absolute Gasteiger partial charge is 0.367 e. The fourth-order valence-electron chi connectivity index (χ4n) is 2.67. The Morgan fingerprint density at radius 3 is 1.94 bits per heavy atom. The van der Waals surface area contributed by atoms with Crippen molar-refractivity contribution < 1.29 is 4.74 Å². The normalized spacial score (nSPS) is 28.7. The van der Waals surface area contributed by atoms with Gasteiger partial charge in [0.25, 0.3) is 0 Å². The number of nitrogens with two attached hydrogens (primary N) is 1. The molecule has 1 unspecified atom stereocenters. The first kappa shape index (κ1) is 13.9. The molecule has 96 valence electrons. The van der Waals surface area contributed by atoms with Crippen molar-refractivity contribution in [3.05, 3.63) is 0 Å². The second-order valence-electron chi connectivity index (χ2n) is 6.53. The van der Waals surface area contributed by atoms with Gasteiger partial charge in [-0.2, -0.15) is 0 Å². The van der Waals surface area contributed by atoms with Crippen molar-refractivity contribution in [1.82, 2.24) is 4.90 Å². The molecule has 0 bridgehead atoms. The summed E-state index contributed by atoms with van der Waals surface area (Å²) < 4.78 is 6.09. The molecular weight excluding hydrogens is 200 g/mol. The van der Waals surface area contributed by atoms with Crippen LogP contribution in [0, 0.1) is 0 Å². The lowest BCUT2D eigenvalue weighted by Crippen LogP contribution is -2.65. The average Bonchev–Trinajstić information content (AvgIpc) is 2.11. The van der Waals surface area contributed by atoms with E-state index in [1.165, 1.54) is 0 Å². The zero-order valence-electron chi connectivity index (χ0n) is 11.8. The van der Waals surface area contributed by atoms with Crippen LogP contribution in [0.4, 0.5) is 0 Å². The molecule has 0 spiro atoms. The molecule has 0 aromatic rings. The van der Waals surface area contributed by atoms with Crippen LogP contribution in [-0.4, -0.2) is 41.3 Å². The maximum absolute atomic E-state index is 6.09. The molecule has 1 rings (SSSR count). The number of rotatable bonds is 3. The Labute approximate surface area is 100 Å². The van der Waals surface area contributed by atoms with Crippen molar-refractivity contribution >= 4 is 0 Å². The Balaban J connectivity index is 2.89. The molecule has 1 fully saturated rings. The van der Waals surface area contributed by atoms with Crippen molar-refractivity contribution in [2.24, 2.45) is 5.73 Å². The smallest absolute Gasteiger partial charge is 0.0761 e. The predicted octanol–water partition coefficient (Wildman–Crippen LogP) is 2.00. The summed E-state index contributed by atoms with van der Waals surface area (Å²) in [4.78, 5) is 2.50. The van der Waals surface area contributed by atoms with Crippen molar-refractivity contribution in [3.63, 3.8) is 0 Å². The van der Waals surface area contributed by atoms with Gasteiger partial charge in [0.05, 0.1) is 11.2 Å². The number of ether oxygens (including phenoxy) is 1. The zero-order valence-corrected chi connectivity index (χ0v) is 11.8. The molecule has 1 aliphatic rings. The molecule has 3 heteroatoms. The summed E-state index contributed by atoms with van der Waals surface area (Å²) in [5.74, 6) is 0. The molecule has 1 saturated heterocycles. The first-order chi connectivity index (χ1) is 7.14. The number of morpholine rings is 1. The first-order valence-electron chi connectivity index (χ1n) is 6.29. The van der Waals surface area contributed by atoms with Gasteiger partial charge in [0.2, 0.25) is 0 Å². The molecule has 2 N–H and O–H groups in total. The van der Waals surface area contributed by atoms with Gasteiger partial charge < -0.3 is 10.5 Å². The lowest BCUT2D eigenvalue weighted by Gasteiger charge is -2.53. The highest BCUT2D eigenvalue weighted by Crippen LogP contribution is 2.33. The molecule has 1 atom stereocenters. The molecule has 1 heterocycles. The SMILES string of the molecule is CCC(C)(CN)N1CC(C)(C)OC(C)(C)C1. The summed E-state index contributed by atoms with van der Waals surface area (Å²) in [5, 5.41) is 0. The van der Waals surface area contributed by atoms with Gasteiger partial charge in [0.1, 0.15) is 0 Å². The zero-order chi connectivity index (χ0) is 12.6. The van der Waals surface area contributed by atoms with Crippen LogP contribution in [0.5, 0.6) is 0 Å². The third-order valence-corrected chi connectivity index (χ3v) is 3.66. The van der Waals surface area contributed by atoms with Gasteiger partial charge in [-0.1, -0.05) is 6.92 Å². The van der Waals surface area contributed by atoms with E-state index >= 15 is 0 Å². The highest BCUT2D eigenvalue weighted by Gasteiger charge is 2.43. The molecule has 0 aromatic carbocycles. The molecule has 0 aliphatic carbocycles. The molecule has 1 aliphatic heterocycles. The maximum atomic E-state index is 6.09. The second kappa shape index (κ2) is 4.28. The topological polar surface area (TPSA) is 38.5 Å². The van der Waals surface area contributed by atoms with E-state index in [0.29, 0.717) is 6.54 Å². The Bertz CT molecular complexity index is 228. The Morgan fingerprint density at radius 1 is 1.19 bits per heavy atom. The minimum absolute atomic E-state index is 0.0899. The molecule has 0 amide bonds. The fourth-order valence-corrected chi connectivity index (χ4v) is 2.67. The van der Waals surface area contributed by atoms with E-state index in [1.807, 2.05) is 0 Å². The van der Waals surface area contributed by atoms with Gasteiger partial charge in [-0.05, 0) is 41.0 Å². The first-order valence-corrected chi connectivity index (χ1v) is 6.29. The molecule has 0 radical (unpaired) electrons. The predicted molar refractivity (Wildman–Crippen MR) is 68.6 cm³/mol. The van der Waals surface area contributed by atoms with E-state index in [2.05, 4.69) is 46.4 Å². The number of hydrogen-bond donors (Lipinski definition) is 1. The van der Waals surface area contributed by atoms with Crippen molar-refractivity contribution in [1.29, 1.82) is 0 Å². The van der Waals surface area contributed by atoms with Gasteiger partial charge in [-0.25, -0.2) is 0 Å². The minimum Gasteiger partial charge on any atom is -0.367 e. The van der Waals surface area contributed by atoms with Gasteiger partial charge in [-0.3, -0.25) is 4.90 Å². The van der Waals surface area contributed by atoms with Crippen LogP contribution >= 0.6 is 0 Å². The quantitative estimate of drug-likeness (QED) is 0.803. The molecule has 16 heavy (non-hydrogen) atoms. The van der Waals surface area contributed by atoms with Crippen LogP contribution in [-0.2, 0) is 4.74 Å². The number of nitrogens with zero attached hydrogens (tertiary/aromatic N) is 1. The van der Waals surface area contributed by atoms with Crippen LogP contribution in [0.3, 0.4) is 0 Å². The Kier molecular flexibility index (Phi) is 3.73.